The van der Waals surface area contributed by atoms with E-state index in [1.807, 2.05) is 30.3 Å². The maximum Gasteiger partial charge on any atom is 0.339 e. The Morgan fingerprint density at radius 1 is 1.00 bits per heavy atom. The number of aliphatic hydroxyl groups is 2. The Morgan fingerprint density at radius 2 is 1.71 bits per heavy atom. The molecular formula is C37H44N2O9. The summed E-state index contributed by atoms with van der Waals surface area (Å²) in [7, 11) is 1.59. The van der Waals surface area contributed by atoms with Gasteiger partial charge in [0.1, 0.15) is 31.0 Å². The average Bonchev–Trinajstić information content (AvgIpc) is 4.05. The van der Waals surface area contributed by atoms with Gasteiger partial charge in [0.15, 0.2) is 5.79 Å². The van der Waals surface area contributed by atoms with Gasteiger partial charge in [-0.1, -0.05) is 48.5 Å². The van der Waals surface area contributed by atoms with Crippen LogP contribution in [-0.2, 0) is 35.0 Å². The lowest BCUT2D eigenvalue weighted by Crippen LogP contribution is -2.51. The molecule has 11 heteroatoms. The fraction of sp³-hybridized carbons (Fsp3) is 0.486. The monoisotopic (exact) mass is 660 g/mol. The number of aliphatic hydroxyl groups excluding tert-OH is 2. The van der Waals surface area contributed by atoms with E-state index < -0.39 is 36.1 Å². The first-order valence-electron chi connectivity index (χ1n) is 16.8. The van der Waals surface area contributed by atoms with Crippen LogP contribution in [0.5, 0.6) is 0 Å². The molecule has 3 aliphatic carbocycles. The van der Waals surface area contributed by atoms with Gasteiger partial charge in [-0.05, 0) is 55.0 Å². The summed E-state index contributed by atoms with van der Waals surface area (Å²) in [6.45, 7) is -0.162. The zero-order valence-electron chi connectivity index (χ0n) is 27.2. The van der Waals surface area contributed by atoms with Crippen LogP contribution in [0.25, 0.3) is 6.08 Å². The van der Waals surface area contributed by atoms with Crippen molar-refractivity contribution in [2.75, 3.05) is 33.4 Å². The lowest BCUT2D eigenvalue weighted by molar-refractivity contribution is -0.209. The molecule has 1 heterocycles. The maximum atomic E-state index is 14.2. The highest BCUT2D eigenvalue weighted by Crippen LogP contribution is 2.59. The standard InChI is InChI=1S/C37H44N2O9/c1-39(30(34(42)38-16-17-40)21-24-7-3-2-4-8-24)35(43)26-22-31(33-32(23-26)47-37(48-33,27-11-12-27)28-13-14-28)46-36(44)29-10-6-5-9-25(29)15-19-45-20-18-41/h2-10,15,19,23,27-28,30-33,40-41H,11-14,16-18,20-22H2,1H3,(H,38,42)/t30-,31-,32-,33+/m1/s1. The summed E-state index contributed by atoms with van der Waals surface area (Å²) >= 11 is 0. The van der Waals surface area contributed by atoms with Crippen molar-refractivity contribution in [3.05, 3.63) is 89.2 Å². The highest BCUT2D eigenvalue weighted by molar-refractivity contribution is 5.97. The van der Waals surface area contributed by atoms with Gasteiger partial charge in [0.05, 0.1) is 25.0 Å². The summed E-state index contributed by atoms with van der Waals surface area (Å²) in [5.41, 5.74) is 2.15. The Morgan fingerprint density at radius 3 is 2.40 bits per heavy atom. The van der Waals surface area contributed by atoms with Crippen LogP contribution < -0.4 is 5.32 Å². The molecule has 1 saturated heterocycles. The van der Waals surface area contributed by atoms with Gasteiger partial charge in [0.25, 0.3) is 0 Å². The molecule has 1 aliphatic heterocycles. The molecule has 2 saturated carbocycles. The molecule has 4 atom stereocenters. The van der Waals surface area contributed by atoms with Crippen LogP contribution in [0.1, 0.15) is 53.6 Å². The average molecular weight is 661 g/mol. The number of rotatable bonds is 15. The van der Waals surface area contributed by atoms with Crippen LogP contribution in [-0.4, -0.2) is 96.5 Å². The number of likely N-dealkylation sites (N-methyl/N-ethyl adjacent to an activating group) is 1. The lowest BCUT2D eigenvalue weighted by atomic mass is 9.90. The van der Waals surface area contributed by atoms with Gasteiger partial charge in [0.2, 0.25) is 11.8 Å². The third-order valence-corrected chi connectivity index (χ3v) is 9.45. The number of benzene rings is 2. The molecule has 3 N–H and O–H groups in total. The topological polar surface area (TPSA) is 144 Å². The Balaban J connectivity index is 1.27. The molecule has 0 bridgehead atoms. The molecule has 48 heavy (non-hydrogen) atoms. The van der Waals surface area contributed by atoms with E-state index in [2.05, 4.69) is 5.32 Å². The summed E-state index contributed by atoms with van der Waals surface area (Å²) in [4.78, 5) is 42.7. The number of hydrogen-bond acceptors (Lipinski definition) is 9. The van der Waals surface area contributed by atoms with Gasteiger partial charge in [-0.3, -0.25) is 9.59 Å². The van der Waals surface area contributed by atoms with Crippen molar-refractivity contribution in [1.82, 2.24) is 10.2 Å². The molecule has 6 rings (SSSR count). The second kappa shape index (κ2) is 15.0. The number of nitrogens with zero attached hydrogens (tertiary/aromatic N) is 1. The Labute approximate surface area is 280 Å². The van der Waals surface area contributed by atoms with E-state index >= 15 is 0 Å². The molecule has 4 aliphatic rings. The van der Waals surface area contributed by atoms with Gasteiger partial charge in [-0.15, -0.1) is 0 Å². The first kappa shape index (κ1) is 33.9. The summed E-state index contributed by atoms with van der Waals surface area (Å²) in [6.07, 6.45) is 7.18. The smallest absolute Gasteiger partial charge is 0.339 e. The number of carbonyl (C=O) groups is 3. The van der Waals surface area contributed by atoms with Gasteiger partial charge < -0.3 is 39.4 Å². The highest BCUT2D eigenvalue weighted by Gasteiger charge is 2.64. The quantitative estimate of drug-likeness (QED) is 0.149. The molecule has 0 radical (unpaired) electrons. The molecule has 0 spiro atoms. The maximum absolute atomic E-state index is 14.2. The summed E-state index contributed by atoms with van der Waals surface area (Å²) in [5, 5.41) is 21.1. The third-order valence-electron chi connectivity index (χ3n) is 9.45. The predicted octanol–water partition coefficient (Wildman–Crippen LogP) is 3.00. The molecule has 256 valence electrons. The van der Waals surface area contributed by atoms with Gasteiger partial charge in [-0.25, -0.2) is 4.79 Å². The number of ether oxygens (including phenoxy) is 4. The molecule has 2 aromatic rings. The highest BCUT2D eigenvalue weighted by atomic mass is 16.8. The van der Waals surface area contributed by atoms with E-state index in [1.165, 1.54) is 11.2 Å². The van der Waals surface area contributed by atoms with Crippen molar-refractivity contribution in [2.45, 2.75) is 68.7 Å². The normalized spacial score (nSPS) is 23.6. The zero-order valence-corrected chi connectivity index (χ0v) is 27.2. The van der Waals surface area contributed by atoms with Crippen molar-refractivity contribution >= 4 is 23.9 Å². The van der Waals surface area contributed by atoms with Gasteiger partial charge in [0, 0.05) is 43.8 Å². The third kappa shape index (κ3) is 7.49. The number of esters is 1. The Hall–Kier alpha value is -4.03. The predicted molar refractivity (Wildman–Crippen MR) is 175 cm³/mol. The van der Waals surface area contributed by atoms with Crippen LogP contribution >= 0.6 is 0 Å². The minimum Gasteiger partial charge on any atom is -0.499 e. The molecular weight excluding hydrogens is 616 g/mol. The van der Waals surface area contributed by atoms with E-state index in [-0.39, 0.29) is 62.9 Å². The van der Waals surface area contributed by atoms with Crippen molar-refractivity contribution in [1.29, 1.82) is 0 Å². The first-order valence-corrected chi connectivity index (χ1v) is 16.8. The number of amides is 2. The van der Waals surface area contributed by atoms with Crippen molar-refractivity contribution < 1.29 is 43.5 Å². The number of fused-ring (bicyclic) bond motifs is 1. The Kier molecular flexibility index (Phi) is 10.6. The zero-order chi connectivity index (χ0) is 33.7. The number of carbonyl (C=O) groups excluding carboxylic acids is 3. The first-order chi connectivity index (χ1) is 23.3. The molecule has 0 unspecified atom stereocenters. The summed E-state index contributed by atoms with van der Waals surface area (Å²) in [5.74, 6) is -1.57. The van der Waals surface area contributed by atoms with Crippen LogP contribution in [0.2, 0.25) is 0 Å². The minimum atomic E-state index is -0.851. The SMILES string of the molecule is CN(C(=O)C1=C[C@H]2OC(C3CC3)(C3CC3)O[C@H]2[C@H](OC(=O)c2ccccc2C=COCCO)C1)[C@H](Cc1ccccc1)C(=O)NCCO. The Bertz CT molecular complexity index is 1510. The van der Waals surface area contributed by atoms with Crippen LogP contribution in [0.15, 0.2) is 72.5 Å². The second-order valence-corrected chi connectivity index (χ2v) is 12.9. The van der Waals surface area contributed by atoms with Crippen molar-refractivity contribution in [3.8, 4) is 0 Å². The molecule has 11 nitrogen and oxygen atoms in total. The molecule has 3 fully saturated rings. The van der Waals surface area contributed by atoms with E-state index in [0.29, 0.717) is 16.7 Å². The fourth-order valence-corrected chi connectivity index (χ4v) is 6.74. The lowest BCUT2D eigenvalue weighted by Gasteiger charge is -2.33. The van der Waals surface area contributed by atoms with Gasteiger partial charge >= 0.3 is 5.97 Å². The fourth-order valence-electron chi connectivity index (χ4n) is 6.74. The second-order valence-electron chi connectivity index (χ2n) is 12.9. The van der Waals surface area contributed by atoms with E-state index in [4.69, 9.17) is 24.1 Å². The van der Waals surface area contributed by atoms with Crippen LogP contribution in [0.4, 0.5) is 0 Å². The van der Waals surface area contributed by atoms with Crippen molar-refractivity contribution in [2.24, 2.45) is 11.8 Å². The summed E-state index contributed by atoms with van der Waals surface area (Å²) in [6, 6.07) is 15.5. The van der Waals surface area contributed by atoms with E-state index in [1.54, 1.807) is 43.5 Å². The van der Waals surface area contributed by atoms with Crippen LogP contribution in [0, 0.1) is 11.8 Å². The molecule has 0 aromatic heterocycles. The minimum absolute atomic E-state index is 0.0659. The van der Waals surface area contributed by atoms with Crippen molar-refractivity contribution in [3.63, 3.8) is 0 Å². The largest absolute Gasteiger partial charge is 0.499 e. The van der Waals surface area contributed by atoms with Gasteiger partial charge in [-0.2, -0.15) is 0 Å². The summed E-state index contributed by atoms with van der Waals surface area (Å²) < 4.78 is 24.9. The molecule has 2 aromatic carbocycles. The van der Waals surface area contributed by atoms with E-state index in [9.17, 15) is 19.5 Å². The number of nitrogens with one attached hydrogen (secondary N) is 1. The van der Waals surface area contributed by atoms with E-state index in [0.717, 1.165) is 31.2 Å². The van der Waals surface area contributed by atoms with Crippen LogP contribution in [0.3, 0.4) is 0 Å². The number of hydrogen-bond donors (Lipinski definition) is 3. The molecule has 2 amide bonds.